The molecule has 0 spiro atoms. The highest BCUT2D eigenvalue weighted by atomic mass is 32.1. The number of amides is 1. The number of hydrogen-bond acceptors (Lipinski definition) is 5. The van der Waals surface area contributed by atoms with Crippen LogP contribution < -0.4 is 10.1 Å². The highest BCUT2D eigenvalue weighted by molar-refractivity contribution is 7.12. The van der Waals surface area contributed by atoms with E-state index in [1.165, 1.54) is 11.3 Å². The molecule has 0 aromatic carbocycles. The lowest BCUT2D eigenvalue weighted by Gasteiger charge is -2.32. The third kappa shape index (κ3) is 3.39. The van der Waals surface area contributed by atoms with Crippen LogP contribution in [0, 0.1) is 0 Å². The van der Waals surface area contributed by atoms with E-state index in [0.29, 0.717) is 6.04 Å². The molecule has 1 amide bonds. The molecule has 3 heterocycles. The Balaban J connectivity index is 1.54. The van der Waals surface area contributed by atoms with Gasteiger partial charge in [-0.3, -0.25) is 4.79 Å². The van der Waals surface area contributed by atoms with Gasteiger partial charge in [0.2, 0.25) is 0 Å². The van der Waals surface area contributed by atoms with E-state index in [0.717, 1.165) is 42.4 Å². The van der Waals surface area contributed by atoms with Crippen molar-refractivity contribution in [2.75, 3.05) is 25.5 Å². The summed E-state index contributed by atoms with van der Waals surface area (Å²) in [5.41, 5.74) is 0. The third-order valence-electron chi connectivity index (χ3n) is 3.83. The molecular weight excluding hydrogens is 298 g/mol. The first-order valence-corrected chi connectivity index (χ1v) is 8.23. The van der Waals surface area contributed by atoms with Crippen LogP contribution in [0.25, 0.3) is 0 Å². The van der Waals surface area contributed by atoms with Gasteiger partial charge in [0.15, 0.2) is 0 Å². The Morgan fingerprint density at radius 3 is 2.91 bits per heavy atom. The number of pyridine rings is 1. The maximum absolute atomic E-state index is 12.3. The van der Waals surface area contributed by atoms with Gasteiger partial charge in [-0.1, -0.05) is 6.07 Å². The molecular formula is C16H19N3O2S. The number of hydrogen-bond donors (Lipinski definition) is 1. The van der Waals surface area contributed by atoms with E-state index >= 15 is 0 Å². The Labute approximate surface area is 133 Å². The number of thiophene rings is 1. The summed E-state index contributed by atoms with van der Waals surface area (Å²) >= 11 is 1.50. The summed E-state index contributed by atoms with van der Waals surface area (Å²) in [6.07, 6.45) is 3.59. The molecule has 0 unspecified atom stereocenters. The Kier molecular flexibility index (Phi) is 4.58. The Hall–Kier alpha value is -2.08. The summed E-state index contributed by atoms with van der Waals surface area (Å²) in [6.45, 7) is 1.55. The van der Waals surface area contributed by atoms with Crippen LogP contribution in [0.2, 0.25) is 0 Å². The molecule has 0 atom stereocenters. The predicted molar refractivity (Wildman–Crippen MR) is 87.7 cm³/mol. The lowest BCUT2D eigenvalue weighted by atomic mass is 10.0. The van der Waals surface area contributed by atoms with Crippen LogP contribution in [0.1, 0.15) is 22.5 Å². The number of nitrogens with one attached hydrogen (secondary N) is 1. The minimum absolute atomic E-state index is 0.146. The minimum atomic E-state index is 0.146. The van der Waals surface area contributed by atoms with Gasteiger partial charge in [-0.15, -0.1) is 11.3 Å². The van der Waals surface area contributed by atoms with Gasteiger partial charge in [0.05, 0.1) is 12.0 Å². The number of ether oxygens (including phenoxy) is 1. The van der Waals surface area contributed by atoms with Gasteiger partial charge in [0.25, 0.3) is 5.91 Å². The second kappa shape index (κ2) is 6.79. The molecule has 2 aromatic rings. The Morgan fingerprint density at radius 2 is 2.23 bits per heavy atom. The molecule has 3 rings (SSSR count). The van der Waals surface area contributed by atoms with Gasteiger partial charge in [0.1, 0.15) is 11.6 Å². The molecule has 22 heavy (non-hydrogen) atoms. The van der Waals surface area contributed by atoms with E-state index < -0.39 is 0 Å². The quantitative estimate of drug-likeness (QED) is 0.942. The maximum atomic E-state index is 12.3. The minimum Gasteiger partial charge on any atom is -0.497 e. The van der Waals surface area contributed by atoms with Crippen LogP contribution in [0.3, 0.4) is 0 Å². The summed E-state index contributed by atoms with van der Waals surface area (Å²) in [7, 11) is 1.65. The van der Waals surface area contributed by atoms with E-state index in [1.807, 2.05) is 34.5 Å². The SMILES string of the molecule is COc1ccnc(NC2CCN(C(=O)c3cccs3)CC2)c1. The van der Waals surface area contributed by atoms with Crippen LogP contribution in [0.15, 0.2) is 35.8 Å². The maximum Gasteiger partial charge on any atom is 0.263 e. The Bertz CT molecular complexity index is 622. The number of rotatable bonds is 4. The molecule has 1 aliphatic heterocycles. The van der Waals surface area contributed by atoms with Gasteiger partial charge < -0.3 is 15.0 Å². The summed E-state index contributed by atoms with van der Waals surface area (Å²) in [4.78, 5) is 19.4. The van der Waals surface area contributed by atoms with Crippen molar-refractivity contribution in [3.8, 4) is 5.75 Å². The summed E-state index contributed by atoms with van der Waals surface area (Å²) in [6, 6.07) is 7.86. The topological polar surface area (TPSA) is 54.5 Å². The lowest BCUT2D eigenvalue weighted by molar-refractivity contribution is 0.0723. The molecule has 1 N–H and O–H groups in total. The molecule has 116 valence electrons. The third-order valence-corrected chi connectivity index (χ3v) is 4.69. The molecule has 2 aromatic heterocycles. The fraction of sp³-hybridized carbons (Fsp3) is 0.375. The monoisotopic (exact) mass is 317 g/mol. The van der Waals surface area contributed by atoms with E-state index in [-0.39, 0.29) is 5.91 Å². The van der Waals surface area contributed by atoms with Crippen molar-refractivity contribution in [3.63, 3.8) is 0 Å². The van der Waals surface area contributed by atoms with E-state index in [4.69, 9.17) is 4.74 Å². The number of nitrogens with zero attached hydrogens (tertiary/aromatic N) is 2. The molecule has 0 saturated carbocycles. The van der Waals surface area contributed by atoms with E-state index in [9.17, 15) is 4.79 Å². The first-order valence-electron chi connectivity index (χ1n) is 7.35. The normalized spacial score (nSPS) is 15.6. The standard InChI is InChI=1S/C16H19N3O2S/c1-21-13-4-7-17-15(11-13)18-12-5-8-19(9-6-12)16(20)14-3-2-10-22-14/h2-4,7,10-12H,5-6,8-9H2,1H3,(H,17,18). The molecule has 0 aliphatic carbocycles. The van der Waals surface area contributed by atoms with Crippen molar-refractivity contribution in [1.82, 2.24) is 9.88 Å². The lowest BCUT2D eigenvalue weighted by Crippen LogP contribution is -2.42. The zero-order chi connectivity index (χ0) is 15.4. The molecule has 0 radical (unpaired) electrons. The summed E-state index contributed by atoms with van der Waals surface area (Å²) in [5, 5.41) is 5.36. The van der Waals surface area contributed by atoms with E-state index in [2.05, 4.69) is 10.3 Å². The van der Waals surface area contributed by atoms with Crippen LogP contribution in [-0.4, -0.2) is 42.0 Å². The number of piperidine rings is 1. The summed E-state index contributed by atoms with van der Waals surface area (Å²) in [5.74, 6) is 1.76. The fourth-order valence-corrected chi connectivity index (χ4v) is 3.30. The zero-order valence-corrected chi connectivity index (χ0v) is 13.3. The molecule has 1 fully saturated rings. The molecule has 1 saturated heterocycles. The highest BCUT2D eigenvalue weighted by Crippen LogP contribution is 2.20. The van der Waals surface area contributed by atoms with Gasteiger partial charge in [-0.25, -0.2) is 4.98 Å². The molecule has 5 nitrogen and oxygen atoms in total. The highest BCUT2D eigenvalue weighted by Gasteiger charge is 2.24. The van der Waals surface area contributed by atoms with Crippen molar-refractivity contribution in [1.29, 1.82) is 0 Å². The first-order chi connectivity index (χ1) is 10.8. The summed E-state index contributed by atoms with van der Waals surface area (Å²) < 4.78 is 5.20. The number of likely N-dealkylation sites (tertiary alicyclic amines) is 1. The number of anilines is 1. The number of carbonyl (C=O) groups is 1. The van der Waals surface area contributed by atoms with Gasteiger partial charge in [0, 0.05) is 31.4 Å². The van der Waals surface area contributed by atoms with Crippen LogP contribution in [0.4, 0.5) is 5.82 Å². The molecule has 1 aliphatic rings. The van der Waals surface area contributed by atoms with Crippen molar-refractivity contribution in [2.24, 2.45) is 0 Å². The smallest absolute Gasteiger partial charge is 0.263 e. The average Bonchev–Trinajstić information content (AvgIpc) is 3.09. The number of aromatic nitrogens is 1. The largest absolute Gasteiger partial charge is 0.497 e. The number of carbonyl (C=O) groups excluding carboxylic acids is 1. The van der Waals surface area contributed by atoms with Gasteiger partial charge in [-0.2, -0.15) is 0 Å². The molecule has 0 bridgehead atoms. The fourth-order valence-electron chi connectivity index (χ4n) is 2.61. The van der Waals surface area contributed by atoms with Crippen molar-refractivity contribution in [3.05, 3.63) is 40.7 Å². The average molecular weight is 317 g/mol. The molecule has 6 heteroatoms. The zero-order valence-electron chi connectivity index (χ0n) is 12.5. The van der Waals surface area contributed by atoms with Crippen LogP contribution in [-0.2, 0) is 0 Å². The van der Waals surface area contributed by atoms with Gasteiger partial charge >= 0.3 is 0 Å². The van der Waals surface area contributed by atoms with Crippen molar-refractivity contribution in [2.45, 2.75) is 18.9 Å². The second-order valence-electron chi connectivity index (χ2n) is 5.27. The van der Waals surface area contributed by atoms with Gasteiger partial charge in [-0.05, 0) is 30.4 Å². The van der Waals surface area contributed by atoms with Crippen LogP contribution >= 0.6 is 11.3 Å². The van der Waals surface area contributed by atoms with Crippen molar-refractivity contribution < 1.29 is 9.53 Å². The second-order valence-corrected chi connectivity index (χ2v) is 6.22. The van der Waals surface area contributed by atoms with E-state index in [1.54, 1.807) is 13.3 Å². The first kappa shape index (κ1) is 14.8. The predicted octanol–water partition coefficient (Wildman–Crippen LogP) is 2.87. The Morgan fingerprint density at radius 1 is 1.41 bits per heavy atom. The van der Waals surface area contributed by atoms with Crippen LogP contribution in [0.5, 0.6) is 5.75 Å². The number of methoxy groups -OCH3 is 1. The van der Waals surface area contributed by atoms with Crippen molar-refractivity contribution >= 4 is 23.1 Å².